The summed E-state index contributed by atoms with van der Waals surface area (Å²) in [5.74, 6) is -1.04. The van der Waals surface area contributed by atoms with Crippen LogP contribution in [-0.4, -0.2) is 30.8 Å². The van der Waals surface area contributed by atoms with Gasteiger partial charge in [-0.1, -0.05) is 18.2 Å². The van der Waals surface area contributed by atoms with Gasteiger partial charge in [-0.2, -0.15) is 0 Å². The van der Waals surface area contributed by atoms with E-state index >= 15 is 0 Å². The number of hydrogen-bond donors (Lipinski definition) is 1. The zero-order valence-corrected chi connectivity index (χ0v) is 20.5. The number of ketones is 1. The molecule has 0 unspecified atom stereocenters. The largest absolute Gasteiger partial charge is 0.485 e. The highest BCUT2D eigenvalue weighted by atomic mass is 19.1. The molecule has 0 saturated heterocycles. The number of fused-ring (bicyclic) bond motifs is 1. The smallest absolute Gasteiger partial charge is 0.287 e. The average Bonchev–Trinajstić information content (AvgIpc) is 3.41. The molecule has 5 rings (SSSR count). The van der Waals surface area contributed by atoms with E-state index in [1.807, 2.05) is 0 Å². The van der Waals surface area contributed by atoms with Crippen LogP contribution in [0.1, 0.15) is 32.2 Å². The Hall–Kier alpha value is -4.99. The van der Waals surface area contributed by atoms with Crippen molar-refractivity contribution in [3.8, 4) is 11.5 Å². The lowest BCUT2D eigenvalue weighted by Crippen LogP contribution is -2.38. The fourth-order valence-electron chi connectivity index (χ4n) is 3.95. The van der Waals surface area contributed by atoms with Crippen molar-refractivity contribution in [1.29, 1.82) is 0 Å². The van der Waals surface area contributed by atoms with Gasteiger partial charge in [0.05, 0.1) is 12.2 Å². The van der Waals surface area contributed by atoms with Crippen LogP contribution in [0.2, 0.25) is 0 Å². The standard InChI is InChI=1S/C29H22F2N2O6/c30-20-7-4-18(5-8-20)14-32-29(36)27-11-9-23(39-27)15-33-24-12-19(6-10-26(24)38-17-28(33)35)25(34)16-37-22-3-1-2-21(31)13-22/h1-13H,14-17H2,(H,32,36). The van der Waals surface area contributed by atoms with Gasteiger partial charge in [0.15, 0.2) is 24.8 Å². The van der Waals surface area contributed by atoms with Crippen LogP contribution in [0.15, 0.2) is 83.3 Å². The Morgan fingerprint density at radius 1 is 0.949 bits per heavy atom. The quantitative estimate of drug-likeness (QED) is 0.315. The molecule has 3 aromatic carbocycles. The second-order valence-corrected chi connectivity index (χ2v) is 8.70. The van der Waals surface area contributed by atoms with E-state index in [0.29, 0.717) is 17.2 Å². The molecule has 10 heteroatoms. The van der Waals surface area contributed by atoms with Gasteiger partial charge in [0.25, 0.3) is 11.8 Å². The third kappa shape index (κ3) is 6.12. The van der Waals surface area contributed by atoms with Gasteiger partial charge in [0.1, 0.15) is 28.9 Å². The topological polar surface area (TPSA) is 98.1 Å². The number of Topliss-reactive ketones (excluding diaryl/α,β-unsaturated/α-hetero) is 1. The van der Waals surface area contributed by atoms with Crippen molar-refractivity contribution in [2.75, 3.05) is 18.1 Å². The maximum absolute atomic E-state index is 13.4. The SMILES string of the molecule is O=C(COc1cccc(F)c1)c1ccc2c(c1)N(Cc1ccc(C(=O)NCc3ccc(F)cc3)o1)C(=O)CO2. The van der Waals surface area contributed by atoms with E-state index in [4.69, 9.17) is 13.9 Å². The summed E-state index contributed by atoms with van der Waals surface area (Å²) >= 11 is 0. The zero-order valence-electron chi connectivity index (χ0n) is 20.5. The van der Waals surface area contributed by atoms with Crippen molar-refractivity contribution in [3.05, 3.63) is 113 Å². The lowest BCUT2D eigenvalue weighted by atomic mass is 10.1. The number of hydrogen-bond acceptors (Lipinski definition) is 6. The normalized spacial score (nSPS) is 12.5. The highest BCUT2D eigenvalue weighted by Gasteiger charge is 2.28. The lowest BCUT2D eigenvalue weighted by Gasteiger charge is -2.29. The first-order valence-corrected chi connectivity index (χ1v) is 12.0. The minimum Gasteiger partial charge on any atom is -0.485 e. The number of amides is 2. The highest BCUT2D eigenvalue weighted by Crippen LogP contribution is 2.34. The molecule has 2 heterocycles. The Kier molecular flexibility index (Phi) is 7.35. The molecule has 1 aromatic heterocycles. The second-order valence-electron chi connectivity index (χ2n) is 8.70. The molecule has 0 radical (unpaired) electrons. The van der Waals surface area contributed by atoms with Crippen molar-refractivity contribution in [2.45, 2.75) is 13.1 Å². The minimum atomic E-state index is -0.480. The first-order chi connectivity index (χ1) is 18.9. The van der Waals surface area contributed by atoms with Crippen LogP contribution in [0.4, 0.5) is 14.5 Å². The van der Waals surface area contributed by atoms with E-state index in [9.17, 15) is 23.2 Å². The summed E-state index contributed by atoms with van der Waals surface area (Å²) in [6.07, 6.45) is 0. The molecule has 4 aromatic rings. The Morgan fingerprint density at radius 3 is 2.56 bits per heavy atom. The molecule has 2 amide bonds. The van der Waals surface area contributed by atoms with E-state index in [2.05, 4.69) is 5.32 Å². The molecular weight excluding hydrogens is 510 g/mol. The van der Waals surface area contributed by atoms with Crippen LogP contribution in [0.25, 0.3) is 0 Å². The Morgan fingerprint density at radius 2 is 1.77 bits per heavy atom. The summed E-state index contributed by atoms with van der Waals surface area (Å²) < 4.78 is 43.0. The van der Waals surface area contributed by atoms with E-state index < -0.39 is 11.7 Å². The predicted molar refractivity (Wildman–Crippen MR) is 136 cm³/mol. The van der Waals surface area contributed by atoms with Crippen molar-refractivity contribution >= 4 is 23.3 Å². The number of furan rings is 1. The fraction of sp³-hybridized carbons (Fsp3) is 0.138. The molecule has 0 atom stereocenters. The molecule has 0 saturated carbocycles. The van der Waals surface area contributed by atoms with Gasteiger partial charge < -0.3 is 19.2 Å². The van der Waals surface area contributed by atoms with Gasteiger partial charge in [0, 0.05) is 18.2 Å². The van der Waals surface area contributed by atoms with Crippen molar-refractivity contribution < 1.29 is 37.1 Å². The highest BCUT2D eigenvalue weighted by molar-refractivity contribution is 6.02. The van der Waals surface area contributed by atoms with Crippen LogP contribution >= 0.6 is 0 Å². The third-order valence-corrected chi connectivity index (χ3v) is 5.96. The Bertz CT molecular complexity index is 1530. The van der Waals surface area contributed by atoms with Crippen molar-refractivity contribution in [1.82, 2.24) is 5.32 Å². The number of nitrogens with zero attached hydrogens (tertiary/aromatic N) is 1. The molecule has 1 aliphatic heterocycles. The van der Waals surface area contributed by atoms with Gasteiger partial charge in [-0.05, 0) is 60.2 Å². The average molecular weight is 532 g/mol. The monoisotopic (exact) mass is 532 g/mol. The Balaban J connectivity index is 1.26. The maximum Gasteiger partial charge on any atom is 0.287 e. The molecule has 0 spiro atoms. The van der Waals surface area contributed by atoms with Gasteiger partial charge in [-0.25, -0.2) is 8.78 Å². The second kappa shape index (κ2) is 11.2. The number of carbonyl (C=O) groups is 3. The number of benzene rings is 3. The van der Waals surface area contributed by atoms with Crippen LogP contribution in [-0.2, 0) is 17.9 Å². The number of carbonyl (C=O) groups excluding carboxylic acids is 3. The summed E-state index contributed by atoms with van der Waals surface area (Å²) in [6.45, 7) is -0.345. The van der Waals surface area contributed by atoms with Crippen molar-refractivity contribution in [3.63, 3.8) is 0 Å². The fourth-order valence-corrected chi connectivity index (χ4v) is 3.95. The molecule has 0 bridgehead atoms. The molecular formula is C29H22F2N2O6. The van der Waals surface area contributed by atoms with Crippen molar-refractivity contribution in [2.24, 2.45) is 0 Å². The van der Waals surface area contributed by atoms with Gasteiger partial charge in [-0.3, -0.25) is 19.3 Å². The maximum atomic E-state index is 13.4. The summed E-state index contributed by atoms with van der Waals surface area (Å²) in [5.41, 5.74) is 1.36. The number of rotatable bonds is 9. The first kappa shape index (κ1) is 25.7. The van der Waals surface area contributed by atoms with E-state index in [1.165, 1.54) is 53.4 Å². The third-order valence-electron chi connectivity index (χ3n) is 5.96. The van der Waals surface area contributed by atoms with E-state index in [0.717, 1.165) is 5.56 Å². The summed E-state index contributed by atoms with van der Waals surface area (Å²) in [7, 11) is 0. The molecule has 39 heavy (non-hydrogen) atoms. The molecule has 198 valence electrons. The van der Waals surface area contributed by atoms with Crippen LogP contribution in [0.5, 0.6) is 11.5 Å². The molecule has 1 N–H and O–H groups in total. The van der Waals surface area contributed by atoms with E-state index in [1.54, 1.807) is 30.3 Å². The minimum absolute atomic E-state index is 0.00211. The summed E-state index contributed by atoms with van der Waals surface area (Å²) in [5, 5.41) is 2.70. The molecule has 8 nitrogen and oxygen atoms in total. The number of halogens is 2. The molecule has 0 aliphatic carbocycles. The van der Waals surface area contributed by atoms with Gasteiger partial charge in [0.2, 0.25) is 0 Å². The van der Waals surface area contributed by atoms with Crippen LogP contribution in [0.3, 0.4) is 0 Å². The molecule has 1 aliphatic rings. The van der Waals surface area contributed by atoms with Gasteiger partial charge in [-0.15, -0.1) is 0 Å². The lowest BCUT2D eigenvalue weighted by molar-refractivity contribution is -0.121. The zero-order chi connectivity index (χ0) is 27.4. The number of ether oxygens (including phenoxy) is 2. The van der Waals surface area contributed by atoms with Crippen LogP contribution < -0.4 is 19.7 Å². The van der Waals surface area contributed by atoms with Gasteiger partial charge >= 0.3 is 0 Å². The summed E-state index contributed by atoms with van der Waals surface area (Å²) in [4.78, 5) is 39.4. The Labute approximate surface area is 221 Å². The van der Waals surface area contributed by atoms with Crippen LogP contribution in [0, 0.1) is 11.6 Å². The number of anilines is 1. The van der Waals surface area contributed by atoms with E-state index in [-0.39, 0.29) is 60.9 Å². The number of nitrogens with one attached hydrogen (secondary N) is 1. The predicted octanol–water partition coefficient (Wildman–Crippen LogP) is 4.68. The molecule has 0 fully saturated rings. The summed E-state index contributed by atoms with van der Waals surface area (Å²) in [6, 6.07) is 18.9. The first-order valence-electron chi connectivity index (χ1n) is 12.0.